The molecule has 0 saturated carbocycles. The van der Waals surface area contributed by atoms with Gasteiger partial charge in [0.25, 0.3) is 0 Å². The van der Waals surface area contributed by atoms with Gasteiger partial charge in [0.15, 0.2) is 5.85 Å². The Bertz CT molecular complexity index is 242. The second-order valence-corrected chi connectivity index (χ2v) is 5.13. The van der Waals surface area contributed by atoms with E-state index in [1.54, 1.807) is 0 Å². The highest BCUT2D eigenvalue weighted by Crippen LogP contribution is 2.56. The Labute approximate surface area is 80.4 Å². The molecule has 0 spiro atoms. The minimum atomic E-state index is -3.87. The molecule has 0 aromatic carbocycles. The van der Waals surface area contributed by atoms with E-state index in [4.69, 9.17) is 9.63 Å². The van der Waals surface area contributed by atoms with Gasteiger partial charge in [0.2, 0.25) is 0 Å². The standard InChI is InChI=1S/C6H13O7P/c1-12-14(11)6(10)5(9)4(8)3(2-7)13-14/h3-10H,2H2,1H3/t3-,4-,5+,6+,14+/m1/s1. The normalized spacial score (nSPS) is 49.2. The summed E-state index contributed by atoms with van der Waals surface area (Å²) in [4.78, 5) is 0. The SMILES string of the molecule is CO[P@]1(=O)O[C@H](CO)[C@@H](O)[C@H](O)[C@H]1O. The lowest BCUT2D eigenvalue weighted by molar-refractivity contribution is -0.123. The molecule has 0 radical (unpaired) electrons. The van der Waals surface area contributed by atoms with E-state index >= 15 is 0 Å². The summed E-state index contributed by atoms with van der Waals surface area (Å²) >= 11 is 0. The quantitative estimate of drug-likeness (QED) is 0.414. The van der Waals surface area contributed by atoms with Crippen LogP contribution in [0, 0.1) is 0 Å². The molecule has 5 atom stereocenters. The first kappa shape index (κ1) is 12.1. The maximum Gasteiger partial charge on any atom is 0.361 e. The van der Waals surface area contributed by atoms with Gasteiger partial charge in [-0.2, -0.15) is 0 Å². The van der Waals surface area contributed by atoms with Crippen LogP contribution in [0.4, 0.5) is 0 Å². The van der Waals surface area contributed by atoms with Gasteiger partial charge in [0.05, 0.1) is 6.61 Å². The molecule has 0 amide bonds. The van der Waals surface area contributed by atoms with Crippen molar-refractivity contribution in [3.63, 3.8) is 0 Å². The lowest BCUT2D eigenvalue weighted by Crippen LogP contribution is -2.51. The van der Waals surface area contributed by atoms with Crippen molar-refractivity contribution in [3.8, 4) is 0 Å². The van der Waals surface area contributed by atoms with E-state index in [-0.39, 0.29) is 0 Å². The third kappa shape index (κ3) is 1.85. The van der Waals surface area contributed by atoms with Gasteiger partial charge in [-0.15, -0.1) is 0 Å². The third-order valence-electron chi connectivity index (χ3n) is 2.08. The van der Waals surface area contributed by atoms with Crippen molar-refractivity contribution in [1.82, 2.24) is 0 Å². The topological polar surface area (TPSA) is 116 Å². The van der Waals surface area contributed by atoms with E-state index in [0.717, 1.165) is 7.11 Å². The molecule has 4 N–H and O–H groups in total. The van der Waals surface area contributed by atoms with E-state index < -0.39 is 38.4 Å². The minimum absolute atomic E-state index is 0.627. The molecule has 8 heteroatoms. The summed E-state index contributed by atoms with van der Waals surface area (Å²) in [6.45, 7) is -0.627. The van der Waals surface area contributed by atoms with Gasteiger partial charge in [-0.25, -0.2) is 0 Å². The van der Waals surface area contributed by atoms with Crippen LogP contribution in [0.3, 0.4) is 0 Å². The highest BCUT2D eigenvalue weighted by molar-refractivity contribution is 7.54. The summed E-state index contributed by atoms with van der Waals surface area (Å²) in [5, 5.41) is 36.5. The number of hydrogen-bond acceptors (Lipinski definition) is 7. The first-order valence-corrected chi connectivity index (χ1v) is 5.56. The van der Waals surface area contributed by atoms with E-state index in [9.17, 15) is 19.9 Å². The zero-order valence-electron chi connectivity index (χ0n) is 7.48. The van der Waals surface area contributed by atoms with E-state index in [1.165, 1.54) is 0 Å². The van der Waals surface area contributed by atoms with Crippen molar-refractivity contribution in [1.29, 1.82) is 0 Å². The smallest absolute Gasteiger partial charge is 0.361 e. The van der Waals surface area contributed by atoms with Crippen LogP contribution < -0.4 is 0 Å². The molecular formula is C6H13O7P. The van der Waals surface area contributed by atoms with Crippen molar-refractivity contribution in [2.24, 2.45) is 0 Å². The molecule has 0 aromatic rings. The molecule has 1 saturated heterocycles. The summed E-state index contributed by atoms with van der Waals surface area (Å²) in [5.74, 6) is -1.80. The molecular weight excluding hydrogens is 215 g/mol. The summed E-state index contributed by atoms with van der Waals surface area (Å²) in [7, 11) is -2.82. The van der Waals surface area contributed by atoms with Crippen molar-refractivity contribution in [2.75, 3.05) is 13.7 Å². The molecule has 14 heavy (non-hydrogen) atoms. The van der Waals surface area contributed by atoms with Crippen LogP contribution >= 0.6 is 7.60 Å². The Morgan fingerprint density at radius 1 is 1.36 bits per heavy atom. The molecule has 0 bridgehead atoms. The Balaban J connectivity index is 2.90. The third-order valence-corrected chi connectivity index (χ3v) is 4.10. The van der Waals surface area contributed by atoms with Crippen LogP contribution in [0.15, 0.2) is 0 Å². The van der Waals surface area contributed by atoms with Crippen molar-refractivity contribution in [3.05, 3.63) is 0 Å². The minimum Gasteiger partial charge on any atom is -0.394 e. The summed E-state index contributed by atoms with van der Waals surface area (Å²) in [6.07, 6.45) is -4.38. The van der Waals surface area contributed by atoms with Gasteiger partial charge in [-0.3, -0.25) is 9.09 Å². The molecule has 84 valence electrons. The molecule has 0 unspecified atom stereocenters. The predicted molar refractivity (Wildman–Crippen MR) is 44.6 cm³/mol. The van der Waals surface area contributed by atoms with Crippen molar-refractivity contribution < 1.29 is 34.0 Å². The van der Waals surface area contributed by atoms with Gasteiger partial charge in [-0.05, 0) is 0 Å². The molecule has 1 aliphatic heterocycles. The lowest BCUT2D eigenvalue weighted by atomic mass is 10.1. The van der Waals surface area contributed by atoms with Crippen LogP contribution in [0.1, 0.15) is 0 Å². The van der Waals surface area contributed by atoms with Gasteiger partial charge in [0, 0.05) is 7.11 Å². The van der Waals surface area contributed by atoms with Crippen LogP contribution in [0.5, 0.6) is 0 Å². The Morgan fingerprint density at radius 2 is 1.93 bits per heavy atom. The highest BCUT2D eigenvalue weighted by atomic mass is 31.2. The fourth-order valence-corrected chi connectivity index (χ4v) is 2.74. The van der Waals surface area contributed by atoms with Gasteiger partial charge >= 0.3 is 7.60 Å². The summed E-state index contributed by atoms with van der Waals surface area (Å²) in [5.41, 5.74) is 0. The fourth-order valence-electron chi connectivity index (χ4n) is 1.19. The number of aliphatic hydroxyl groups is 4. The predicted octanol–water partition coefficient (Wildman–Crippen LogP) is -1.74. The average molecular weight is 228 g/mol. The molecule has 0 aliphatic carbocycles. The Kier molecular flexibility index (Phi) is 3.65. The van der Waals surface area contributed by atoms with Gasteiger partial charge in [0.1, 0.15) is 18.3 Å². The second-order valence-electron chi connectivity index (χ2n) is 2.94. The Morgan fingerprint density at radius 3 is 2.36 bits per heavy atom. The van der Waals surface area contributed by atoms with E-state index in [1.807, 2.05) is 0 Å². The molecule has 1 heterocycles. The summed E-state index contributed by atoms with van der Waals surface area (Å²) < 4.78 is 20.7. The number of aliphatic hydroxyl groups excluding tert-OH is 4. The van der Waals surface area contributed by atoms with Crippen LogP contribution in [-0.2, 0) is 13.6 Å². The molecule has 7 nitrogen and oxygen atoms in total. The number of hydrogen-bond donors (Lipinski definition) is 4. The van der Waals surface area contributed by atoms with E-state index in [0.29, 0.717) is 0 Å². The summed E-state index contributed by atoms with van der Waals surface area (Å²) in [6, 6.07) is 0. The van der Waals surface area contributed by atoms with Gasteiger partial charge in [-0.1, -0.05) is 0 Å². The zero-order chi connectivity index (χ0) is 10.9. The maximum atomic E-state index is 11.6. The van der Waals surface area contributed by atoms with Crippen LogP contribution in [0.25, 0.3) is 0 Å². The second kappa shape index (κ2) is 4.24. The number of rotatable bonds is 2. The van der Waals surface area contributed by atoms with Crippen molar-refractivity contribution >= 4 is 7.60 Å². The largest absolute Gasteiger partial charge is 0.394 e. The van der Waals surface area contributed by atoms with Gasteiger partial charge < -0.3 is 24.9 Å². The fraction of sp³-hybridized carbons (Fsp3) is 1.00. The monoisotopic (exact) mass is 228 g/mol. The molecule has 0 aromatic heterocycles. The van der Waals surface area contributed by atoms with Crippen molar-refractivity contribution in [2.45, 2.75) is 24.2 Å². The Hall–Kier alpha value is -0.0100. The lowest BCUT2D eigenvalue weighted by Gasteiger charge is -2.38. The molecule has 1 fully saturated rings. The van der Waals surface area contributed by atoms with E-state index in [2.05, 4.69) is 4.52 Å². The first-order chi connectivity index (χ1) is 6.46. The zero-order valence-corrected chi connectivity index (χ0v) is 8.37. The highest BCUT2D eigenvalue weighted by Gasteiger charge is 2.51. The van der Waals surface area contributed by atoms with Crippen LogP contribution in [-0.4, -0.2) is 58.3 Å². The average Bonchev–Trinajstić information content (AvgIpc) is 2.20. The van der Waals surface area contributed by atoms with Crippen LogP contribution in [0.2, 0.25) is 0 Å². The maximum absolute atomic E-state index is 11.6. The molecule has 1 rings (SSSR count). The first-order valence-electron chi connectivity index (χ1n) is 3.95. The molecule has 1 aliphatic rings.